The summed E-state index contributed by atoms with van der Waals surface area (Å²) in [7, 11) is 0. The van der Waals surface area contributed by atoms with Crippen molar-refractivity contribution in [2.75, 3.05) is 35.6 Å². The molecule has 7 rings (SSSR count). The van der Waals surface area contributed by atoms with Crippen molar-refractivity contribution in [1.82, 2.24) is 0 Å². The lowest BCUT2D eigenvalue weighted by molar-refractivity contribution is -0.690. The van der Waals surface area contributed by atoms with Gasteiger partial charge in [-0.1, -0.05) is 93.7 Å². The first-order valence-corrected chi connectivity index (χ1v) is 20.0. The Morgan fingerprint density at radius 1 is 0.407 bits per heavy atom. The summed E-state index contributed by atoms with van der Waals surface area (Å²) in [6, 6.07) is 13.1. The maximum atomic E-state index is 3.69. The topological polar surface area (TPSA) is 47.7 Å². The van der Waals surface area contributed by atoms with Crippen molar-refractivity contribution in [2.24, 2.45) is 17.8 Å². The Morgan fingerprint density at radius 3 is 0.944 bits per heavy atom. The molecule has 3 aromatic heterocycles. The minimum absolute atomic E-state index is 0.439. The van der Waals surface area contributed by atoms with Crippen molar-refractivity contribution >= 4 is 17.1 Å². The average Bonchev–Trinajstić information content (AvgIpc) is 4.02. The maximum absolute atomic E-state index is 3.69. The summed E-state index contributed by atoms with van der Waals surface area (Å²) in [6.07, 6.45) is 42.8. The van der Waals surface area contributed by atoms with Crippen molar-refractivity contribution in [3.8, 4) is 0 Å². The average molecular weight is 718 g/mol. The molecule has 0 saturated heterocycles. The molecule has 0 unspecified atom stereocenters. The van der Waals surface area contributed by atoms with Crippen LogP contribution in [0.15, 0.2) is 146 Å². The third-order valence-corrected chi connectivity index (χ3v) is 11.0. The number of hydrogen-bond donors (Lipinski definition) is 3. The fraction of sp³-hybridized carbons (Fsp3) is 0.312. The van der Waals surface area contributed by atoms with Crippen LogP contribution in [0, 0.1) is 17.8 Å². The van der Waals surface area contributed by atoms with E-state index in [1.165, 1.54) is 33.4 Å². The third-order valence-electron chi connectivity index (χ3n) is 11.0. The molecule has 0 saturated carbocycles. The van der Waals surface area contributed by atoms with Gasteiger partial charge in [0.15, 0.2) is 56.8 Å². The smallest absolute Gasteiger partial charge is 0.192 e. The van der Waals surface area contributed by atoms with Crippen LogP contribution < -0.4 is 29.7 Å². The maximum Gasteiger partial charge on any atom is 0.192 e. The minimum atomic E-state index is 0.439. The van der Waals surface area contributed by atoms with Crippen molar-refractivity contribution in [1.29, 1.82) is 0 Å². The van der Waals surface area contributed by atoms with Gasteiger partial charge in [0.2, 0.25) is 0 Å². The van der Waals surface area contributed by atoms with Crippen LogP contribution in [0.1, 0.15) is 54.2 Å². The van der Waals surface area contributed by atoms with Crippen LogP contribution in [-0.2, 0) is 38.9 Å². The van der Waals surface area contributed by atoms with Gasteiger partial charge >= 0.3 is 0 Å². The van der Waals surface area contributed by atoms with Crippen LogP contribution >= 0.6 is 0 Å². The second-order valence-corrected chi connectivity index (χ2v) is 14.7. The Bertz CT molecular complexity index is 1810. The van der Waals surface area contributed by atoms with E-state index < -0.39 is 0 Å². The molecule has 6 nitrogen and oxygen atoms in total. The molecule has 0 spiro atoms. The van der Waals surface area contributed by atoms with Gasteiger partial charge in [-0.15, -0.1) is 0 Å². The van der Waals surface area contributed by atoms with Gasteiger partial charge in [-0.25, -0.2) is 0 Å². The Balaban J connectivity index is 1.25. The number of aromatic nitrogens is 3. The standard InChI is InChI=1S/C48H57N6/c1-4-43-46(34-52-25-13-22-40(31-52)49-28-37-16-7-8-17-37)44(5-2)48(36-54-27-15-24-42(33-54)51-30-39-20-11-12-21-39)45(6-3)47(43)35-53-26-14-23-41(32-53)50-29-38-18-9-10-19-38/h7-27,31-33,37-39,49-51H,4-6,28-30,34-36H2,1-3H3/q+3. The quantitative estimate of drug-likeness (QED) is 0.0920. The highest BCUT2D eigenvalue weighted by Gasteiger charge is 2.27. The SMILES string of the molecule is CCc1c(C[n+]2cccc(NCC3C=CC=C3)c2)c(CC)c(C[n+]2cccc(NCC3C=CC=C3)c2)c(CC)c1C[n+]1cccc(NCC2C=CC=C2)c1. The van der Waals surface area contributed by atoms with Crippen molar-refractivity contribution < 1.29 is 13.7 Å². The number of allylic oxidation sites excluding steroid dienone is 6. The number of nitrogens with zero attached hydrogens (tertiary/aromatic N) is 3. The van der Waals surface area contributed by atoms with Gasteiger partial charge in [-0.05, 0) is 54.2 Å². The van der Waals surface area contributed by atoms with Crippen LogP contribution in [0.2, 0.25) is 0 Å². The normalized spacial score (nSPS) is 14.9. The molecule has 3 heterocycles. The summed E-state index contributed by atoms with van der Waals surface area (Å²) in [4.78, 5) is 0. The van der Waals surface area contributed by atoms with Crippen LogP contribution in [0.25, 0.3) is 0 Å². The Morgan fingerprint density at radius 2 is 0.685 bits per heavy atom. The van der Waals surface area contributed by atoms with E-state index in [0.717, 1.165) is 75.6 Å². The summed E-state index contributed by atoms with van der Waals surface area (Å²) in [5.41, 5.74) is 12.3. The van der Waals surface area contributed by atoms with Gasteiger partial charge in [0, 0.05) is 72.3 Å². The third kappa shape index (κ3) is 9.17. The number of rotatable bonds is 18. The molecule has 0 radical (unpaired) electrons. The second-order valence-electron chi connectivity index (χ2n) is 14.7. The van der Waals surface area contributed by atoms with Gasteiger partial charge in [0.25, 0.3) is 0 Å². The zero-order valence-corrected chi connectivity index (χ0v) is 32.3. The van der Waals surface area contributed by atoms with Gasteiger partial charge < -0.3 is 16.0 Å². The molecule has 0 fully saturated rings. The van der Waals surface area contributed by atoms with Crippen molar-refractivity contribution in [2.45, 2.75) is 59.7 Å². The molecule has 0 bridgehead atoms. The fourth-order valence-corrected chi connectivity index (χ4v) is 8.22. The molecule has 3 aliphatic rings. The van der Waals surface area contributed by atoms with Crippen molar-refractivity contribution in [3.05, 3.63) is 180 Å². The van der Waals surface area contributed by atoms with E-state index in [1.54, 1.807) is 0 Å². The lowest BCUT2D eigenvalue weighted by Crippen LogP contribution is -2.39. The summed E-state index contributed by atoms with van der Waals surface area (Å²) in [6.45, 7) is 12.2. The molecular formula is C48H57N6+3. The molecule has 54 heavy (non-hydrogen) atoms. The summed E-state index contributed by atoms with van der Waals surface area (Å²) < 4.78 is 7.13. The number of nitrogens with one attached hydrogen (secondary N) is 3. The number of hydrogen-bond acceptors (Lipinski definition) is 3. The first-order valence-electron chi connectivity index (χ1n) is 20.0. The van der Waals surface area contributed by atoms with Gasteiger partial charge in [-0.3, -0.25) is 0 Å². The Labute approximate surface area is 322 Å². The number of pyridine rings is 3. The molecule has 0 atom stereocenters. The van der Waals surface area contributed by atoms with Gasteiger partial charge in [-0.2, -0.15) is 13.7 Å². The zero-order chi connectivity index (χ0) is 37.1. The van der Waals surface area contributed by atoms with Crippen LogP contribution in [0.5, 0.6) is 0 Å². The summed E-state index contributed by atoms with van der Waals surface area (Å²) >= 11 is 0. The zero-order valence-electron chi connectivity index (χ0n) is 32.3. The van der Waals surface area contributed by atoms with E-state index >= 15 is 0 Å². The Kier molecular flexibility index (Phi) is 12.3. The minimum Gasteiger partial charge on any atom is -0.379 e. The number of benzene rings is 1. The lowest BCUT2D eigenvalue weighted by Gasteiger charge is -2.23. The molecule has 0 amide bonds. The highest BCUT2D eigenvalue weighted by molar-refractivity contribution is 5.52. The predicted molar refractivity (Wildman–Crippen MR) is 223 cm³/mol. The molecular weight excluding hydrogens is 661 g/mol. The van der Waals surface area contributed by atoms with E-state index in [4.69, 9.17) is 0 Å². The van der Waals surface area contributed by atoms with Gasteiger partial charge in [0.05, 0.1) is 17.1 Å². The largest absolute Gasteiger partial charge is 0.379 e. The summed E-state index contributed by atoms with van der Waals surface area (Å²) in [5, 5.41) is 11.1. The van der Waals surface area contributed by atoms with Crippen LogP contribution in [0.4, 0.5) is 17.1 Å². The summed E-state index contributed by atoms with van der Waals surface area (Å²) in [5.74, 6) is 1.32. The monoisotopic (exact) mass is 717 g/mol. The molecule has 276 valence electrons. The highest BCUT2D eigenvalue weighted by Crippen LogP contribution is 2.31. The van der Waals surface area contributed by atoms with E-state index in [1.807, 2.05) is 0 Å². The van der Waals surface area contributed by atoms with Gasteiger partial charge in [0.1, 0.15) is 0 Å². The number of anilines is 3. The predicted octanol–water partition coefficient (Wildman–Crippen LogP) is 7.84. The fourth-order valence-electron chi connectivity index (χ4n) is 8.22. The van der Waals surface area contributed by atoms with E-state index in [0.29, 0.717) is 17.8 Å². The van der Waals surface area contributed by atoms with Crippen LogP contribution in [-0.4, -0.2) is 19.6 Å². The van der Waals surface area contributed by atoms with Crippen molar-refractivity contribution in [3.63, 3.8) is 0 Å². The van der Waals surface area contributed by atoms with E-state index in [2.05, 4.69) is 197 Å². The molecule has 1 aromatic carbocycles. The highest BCUT2D eigenvalue weighted by atomic mass is 15.0. The molecule has 6 heteroatoms. The lowest BCUT2D eigenvalue weighted by atomic mass is 9.83. The van der Waals surface area contributed by atoms with Crippen LogP contribution in [0.3, 0.4) is 0 Å². The Hall–Kier alpha value is -5.49. The molecule has 0 aliphatic heterocycles. The van der Waals surface area contributed by atoms with E-state index in [9.17, 15) is 0 Å². The van der Waals surface area contributed by atoms with E-state index in [-0.39, 0.29) is 0 Å². The first kappa shape index (κ1) is 36.9. The molecule has 3 aliphatic carbocycles. The second kappa shape index (κ2) is 18.0. The first-order chi connectivity index (χ1) is 26.6. The molecule has 4 aromatic rings. The molecule has 3 N–H and O–H groups in total.